The zero-order valence-electron chi connectivity index (χ0n) is 13.4. The maximum atomic E-state index is 1.50. The van der Waals surface area contributed by atoms with E-state index in [0.717, 1.165) is 0 Å². The van der Waals surface area contributed by atoms with Gasteiger partial charge in [0, 0.05) is 0 Å². The molecule has 0 aromatic rings. The van der Waals surface area contributed by atoms with Gasteiger partial charge in [-0.25, -0.2) is 0 Å². The van der Waals surface area contributed by atoms with E-state index in [9.17, 15) is 0 Å². The molecule has 0 radical (unpaired) electrons. The number of hydrogen-bond acceptors (Lipinski definition) is 0. The van der Waals surface area contributed by atoms with Crippen LogP contribution in [0.2, 0.25) is 0 Å². The lowest BCUT2D eigenvalue weighted by molar-refractivity contribution is 0.504. The lowest BCUT2D eigenvalue weighted by Crippen LogP contribution is -1.85. The standard InChI is InChI=1S/C10H20.C9H18/c1-2-4-6-8-10-9-7-5-3-1;1-2-4-6-8-9-7-5-3-1/h1-10H2;1-9H2. The van der Waals surface area contributed by atoms with E-state index in [1.807, 2.05) is 0 Å². The molecule has 2 fully saturated rings. The summed E-state index contributed by atoms with van der Waals surface area (Å²) >= 11 is 0. The first-order valence-electron chi connectivity index (χ1n) is 9.50. The quantitative estimate of drug-likeness (QED) is 0.428. The molecule has 2 aliphatic carbocycles. The molecule has 0 N–H and O–H groups in total. The molecule has 0 unspecified atom stereocenters. The molecule has 0 bridgehead atoms. The van der Waals surface area contributed by atoms with Gasteiger partial charge in [-0.1, -0.05) is 122 Å². The van der Waals surface area contributed by atoms with Gasteiger partial charge in [-0.2, -0.15) is 0 Å². The fourth-order valence-electron chi connectivity index (χ4n) is 3.36. The van der Waals surface area contributed by atoms with Gasteiger partial charge in [0.15, 0.2) is 0 Å². The molecule has 0 nitrogen and oxygen atoms in total. The Balaban J connectivity index is 0.000000191. The molecule has 0 aliphatic heterocycles. The van der Waals surface area contributed by atoms with Crippen LogP contribution in [0.3, 0.4) is 0 Å². The van der Waals surface area contributed by atoms with Crippen molar-refractivity contribution in [3.8, 4) is 0 Å². The monoisotopic (exact) mass is 266 g/mol. The third-order valence-corrected chi connectivity index (χ3v) is 4.75. The van der Waals surface area contributed by atoms with E-state index in [1.165, 1.54) is 122 Å². The number of rotatable bonds is 0. The second-order valence-electron chi connectivity index (χ2n) is 6.72. The smallest absolute Gasteiger partial charge is 0.0533 e. The summed E-state index contributed by atoms with van der Waals surface area (Å²) in [5, 5.41) is 0. The van der Waals surface area contributed by atoms with Gasteiger partial charge in [-0.3, -0.25) is 0 Å². The minimum atomic E-state index is 1.50. The maximum Gasteiger partial charge on any atom is -0.0533 e. The van der Waals surface area contributed by atoms with Gasteiger partial charge in [-0.05, 0) is 0 Å². The van der Waals surface area contributed by atoms with Gasteiger partial charge in [0.2, 0.25) is 0 Å². The summed E-state index contributed by atoms with van der Waals surface area (Å²) in [5.41, 5.74) is 0. The lowest BCUT2D eigenvalue weighted by atomic mass is 10.0. The zero-order valence-corrected chi connectivity index (χ0v) is 13.4. The van der Waals surface area contributed by atoms with Crippen LogP contribution in [0.1, 0.15) is 122 Å². The van der Waals surface area contributed by atoms with Crippen LogP contribution in [0.5, 0.6) is 0 Å². The molecule has 2 rings (SSSR count). The highest BCUT2D eigenvalue weighted by Crippen LogP contribution is 2.16. The Morgan fingerprint density at radius 1 is 0.105 bits per heavy atom. The molecule has 2 aliphatic rings. The fraction of sp³-hybridized carbons (Fsp3) is 1.00. The van der Waals surface area contributed by atoms with Gasteiger partial charge < -0.3 is 0 Å². The molecule has 0 heteroatoms. The minimum absolute atomic E-state index is 1.50. The first kappa shape index (κ1) is 17.1. The van der Waals surface area contributed by atoms with Gasteiger partial charge >= 0.3 is 0 Å². The Morgan fingerprint density at radius 2 is 0.158 bits per heavy atom. The van der Waals surface area contributed by atoms with Gasteiger partial charge in [-0.15, -0.1) is 0 Å². The highest BCUT2D eigenvalue weighted by atomic mass is 14.0. The molecule has 0 spiro atoms. The SMILES string of the molecule is C1CCCCCCCC1.C1CCCCCCCCC1. The van der Waals surface area contributed by atoms with Crippen LogP contribution in [0, 0.1) is 0 Å². The predicted molar refractivity (Wildman–Crippen MR) is 87.7 cm³/mol. The highest BCUT2D eigenvalue weighted by Gasteiger charge is 1.96. The normalized spacial score (nSPS) is 24.0. The molecular formula is C19H38. The van der Waals surface area contributed by atoms with Crippen LogP contribution < -0.4 is 0 Å². The topological polar surface area (TPSA) is 0 Å². The van der Waals surface area contributed by atoms with E-state index < -0.39 is 0 Å². The molecule has 114 valence electrons. The van der Waals surface area contributed by atoms with Crippen molar-refractivity contribution in [3.63, 3.8) is 0 Å². The molecule has 19 heavy (non-hydrogen) atoms. The molecule has 0 atom stereocenters. The third kappa shape index (κ3) is 12.8. The summed E-state index contributed by atoms with van der Waals surface area (Å²) in [4.78, 5) is 0. The largest absolute Gasteiger partial charge is 0.0533 e. The van der Waals surface area contributed by atoms with Crippen LogP contribution >= 0.6 is 0 Å². The third-order valence-electron chi connectivity index (χ3n) is 4.75. The van der Waals surface area contributed by atoms with E-state index in [1.54, 1.807) is 0 Å². The first-order valence-corrected chi connectivity index (χ1v) is 9.50. The van der Waals surface area contributed by atoms with E-state index >= 15 is 0 Å². The van der Waals surface area contributed by atoms with Crippen LogP contribution in [0.25, 0.3) is 0 Å². The van der Waals surface area contributed by atoms with Crippen molar-refractivity contribution in [1.29, 1.82) is 0 Å². The van der Waals surface area contributed by atoms with E-state index in [-0.39, 0.29) is 0 Å². The van der Waals surface area contributed by atoms with E-state index in [2.05, 4.69) is 0 Å². The first-order chi connectivity index (χ1) is 9.50. The summed E-state index contributed by atoms with van der Waals surface area (Å²) in [6.45, 7) is 0. The summed E-state index contributed by atoms with van der Waals surface area (Å²) in [7, 11) is 0. The molecular weight excluding hydrogens is 228 g/mol. The van der Waals surface area contributed by atoms with Crippen molar-refractivity contribution in [1.82, 2.24) is 0 Å². The Morgan fingerprint density at radius 3 is 0.211 bits per heavy atom. The van der Waals surface area contributed by atoms with Crippen molar-refractivity contribution in [3.05, 3.63) is 0 Å². The molecule has 0 amide bonds. The minimum Gasteiger partial charge on any atom is -0.0533 e. The van der Waals surface area contributed by atoms with Crippen LogP contribution in [-0.2, 0) is 0 Å². The number of hydrogen-bond donors (Lipinski definition) is 0. The maximum absolute atomic E-state index is 1.50. The average molecular weight is 267 g/mol. The predicted octanol–water partition coefficient (Wildman–Crippen LogP) is 7.41. The van der Waals surface area contributed by atoms with Crippen molar-refractivity contribution in [2.45, 2.75) is 122 Å². The van der Waals surface area contributed by atoms with Crippen LogP contribution in [0.15, 0.2) is 0 Å². The Labute approximate surface area is 122 Å². The molecule has 0 heterocycles. The van der Waals surface area contributed by atoms with Gasteiger partial charge in [0.25, 0.3) is 0 Å². The Kier molecular flexibility index (Phi) is 12.9. The molecule has 0 saturated heterocycles. The highest BCUT2D eigenvalue weighted by molar-refractivity contribution is 4.52. The van der Waals surface area contributed by atoms with Gasteiger partial charge in [0.1, 0.15) is 0 Å². The Hall–Kier alpha value is 0. The second-order valence-corrected chi connectivity index (χ2v) is 6.72. The van der Waals surface area contributed by atoms with E-state index in [0.29, 0.717) is 0 Å². The Bertz CT molecular complexity index is 99.7. The summed E-state index contributed by atoms with van der Waals surface area (Å²) in [5.74, 6) is 0. The van der Waals surface area contributed by atoms with Crippen molar-refractivity contribution in [2.75, 3.05) is 0 Å². The van der Waals surface area contributed by atoms with Crippen molar-refractivity contribution in [2.24, 2.45) is 0 Å². The lowest BCUT2D eigenvalue weighted by Gasteiger charge is -2.05. The second kappa shape index (κ2) is 14.4. The van der Waals surface area contributed by atoms with Crippen molar-refractivity contribution < 1.29 is 0 Å². The molecule has 2 saturated carbocycles. The molecule has 0 aromatic heterocycles. The van der Waals surface area contributed by atoms with Crippen molar-refractivity contribution >= 4 is 0 Å². The van der Waals surface area contributed by atoms with Crippen LogP contribution in [-0.4, -0.2) is 0 Å². The fourth-order valence-corrected chi connectivity index (χ4v) is 3.36. The van der Waals surface area contributed by atoms with Crippen LogP contribution in [0.4, 0.5) is 0 Å². The summed E-state index contributed by atoms with van der Waals surface area (Å²) < 4.78 is 0. The molecule has 0 aromatic carbocycles. The van der Waals surface area contributed by atoms with Gasteiger partial charge in [0.05, 0.1) is 0 Å². The summed E-state index contributed by atoms with van der Waals surface area (Å²) in [6.07, 6.45) is 28.5. The van der Waals surface area contributed by atoms with E-state index in [4.69, 9.17) is 0 Å². The zero-order chi connectivity index (χ0) is 13.4. The summed E-state index contributed by atoms with van der Waals surface area (Å²) in [6, 6.07) is 0. The average Bonchev–Trinajstić information content (AvgIpc) is 2.61.